The fourth-order valence-electron chi connectivity index (χ4n) is 3.15. The average Bonchev–Trinajstić information content (AvgIpc) is 2.91. The first-order valence-electron chi connectivity index (χ1n) is 7.61. The molecule has 1 aromatic carbocycles. The van der Waals surface area contributed by atoms with Gasteiger partial charge in [0.05, 0.1) is 7.11 Å². The van der Waals surface area contributed by atoms with Gasteiger partial charge in [-0.05, 0) is 61.1 Å². The molecule has 4 heteroatoms. The van der Waals surface area contributed by atoms with Crippen LogP contribution in [0.25, 0.3) is 0 Å². The molecule has 0 amide bonds. The maximum Gasteiger partial charge on any atom is 0.168 e. The van der Waals surface area contributed by atoms with E-state index in [2.05, 4.69) is 23.3 Å². The van der Waals surface area contributed by atoms with Crippen LogP contribution in [0.1, 0.15) is 40.4 Å². The van der Waals surface area contributed by atoms with E-state index in [1.807, 2.05) is 19.2 Å². The number of nitrogens with zero attached hydrogens (tertiary/aromatic N) is 1. The lowest BCUT2D eigenvalue weighted by Gasteiger charge is -2.16. The van der Waals surface area contributed by atoms with Gasteiger partial charge in [-0.25, -0.2) is 4.39 Å². The Labute approximate surface area is 130 Å². The SMILES string of the molecule is COc1ccc2c(c1F)CCC2NCc1cnc(C)cc1C. The van der Waals surface area contributed by atoms with Gasteiger partial charge in [-0.2, -0.15) is 0 Å². The first-order chi connectivity index (χ1) is 10.6. The summed E-state index contributed by atoms with van der Waals surface area (Å²) in [5.74, 6) is 0.121. The van der Waals surface area contributed by atoms with E-state index in [-0.39, 0.29) is 11.9 Å². The van der Waals surface area contributed by atoms with Crippen LogP contribution < -0.4 is 10.1 Å². The van der Waals surface area contributed by atoms with Crippen molar-refractivity contribution in [2.45, 2.75) is 39.3 Å². The van der Waals surface area contributed by atoms with Crippen LogP contribution in [0.5, 0.6) is 5.75 Å². The Morgan fingerprint density at radius 1 is 1.36 bits per heavy atom. The second kappa shape index (κ2) is 6.05. The van der Waals surface area contributed by atoms with Crippen molar-refractivity contribution in [3.05, 3.63) is 58.2 Å². The van der Waals surface area contributed by atoms with Crippen molar-refractivity contribution in [3.8, 4) is 5.75 Å². The predicted molar refractivity (Wildman–Crippen MR) is 84.6 cm³/mol. The lowest BCUT2D eigenvalue weighted by molar-refractivity contribution is 0.384. The zero-order chi connectivity index (χ0) is 15.7. The number of pyridine rings is 1. The van der Waals surface area contributed by atoms with Gasteiger partial charge in [0.1, 0.15) is 0 Å². The second-order valence-corrected chi connectivity index (χ2v) is 5.87. The Morgan fingerprint density at radius 2 is 2.18 bits per heavy atom. The molecule has 3 nitrogen and oxygen atoms in total. The Kier molecular flexibility index (Phi) is 4.12. The minimum absolute atomic E-state index is 0.191. The number of benzene rings is 1. The van der Waals surface area contributed by atoms with Crippen LogP contribution in [0.2, 0.25) is 0 Å². The third kappa shape index (κ3) is 2.71. The lowest BCUT2D eigenvalue weighted by Crippen LogP contribution is -2.19. The molecule has 1 atom stereocenters. The number of hydrogen-bond acceptors (Lipinski definition) is 3. The van der Waals surface area contributed by atoms with E-state index in [1.165, 1.54) is 18.2 Å². The summed E-state index contributed by atoms with van der Waals surface area (Å²) >= 11 is 0. The summed E-state index contributed by atoms with van der Waals surface area (Å²) in [7, 11) is 1.50. The summed E-state index contributed by atoms with van der Waals surface area (Å²) in [5.41, 5.74) is 5.29. The number of nitrogens with one attached hydrogen (secondary N) is 1. The predicted octanol–water partition coefficient (Wildman–Crippen LogP) is 3.62. The molecule has 0 spiro atoms. The highest BCUT2D eigenvalue weighted by Gasteiger charge is 2.26. The van der Waals surface area contributed by atoms with Crippen molar-refractivity contribution >= 4 is 0 Å². The molecule has 0 radical (unpaired) electrons. The average molecular weight is 300 g/mol. The maximum atomic E-state index is 14.3. The summed E-state index contributed by atoms with van der Waals surface area (Å²) in [6.45, 7) is 4.84. The Balaban J connectivity index is 1.75. The number of rotatable bonds is 4. The van der Waals surface area contributed by atoms with Gasteiger partial charge in [0.15, 0.2) is 11.6 Å². The number of aryl methyl sites for hydroxylation is 2. The van der Waals surface area contributed by atoms with Gasteiger partial charge < -0.3 is 10.1 Å². The first kappa shape index (κ1) is 15.0. The summed E-state index contributed by atoms with van der Waals surface area (Å²) in [5, 5.41) is 3.53. The van der Waals surface area contributed by atoms with Crippen LogP contribution in [0.3, 0.4) is 0 Å². The summed E-state index contributed by atoms with van der Waals surface area (Å²) in [4.78, 5) is 4.35. The molecule has 3 rings (SSSR count). The molecule has 1 N–H and O–H groups in total. The van der Waals surface area contributed by atoms with Crippen molar-refractivity contribution < 1.29 is 9.13 Å². The minimum atomic E-state index is -0.211. The molecule has 1 heterocycles. The molecular weight excluding hydrogens is 279 g/mol. The smallest absolute Gasteiger partial charge is 0.168 e. The summed E-state index contributed by atoms with van der Waals surface area (Å²) < 4.78 is 19.3. The lowest BCUT2D eigenvalue weighted by atomic mass is 10.1. The van der Waals surface area contributed by atoms with Crippen LogP contribution in [0.15, 0.2) is 24.4 Å². The second-order valence-electron chi connectivity index (χ2n) is 5.87. The maximum absolute atomic E-state index is 14.3. The van der Waals surface area contributed by atoms with Crippen molar-refractivity contribution in [2.75, 3.05) is 7.11 Å². The third-order valence-corrected chi connectivity index (χ3v) is 4.42. The normalized spacial score (nSPS) is 16.6. The van der Waals surface area contributed by atoms with Gasteiger partial charge >= 0.3 is 0 Å². The largest absolute Gasteiger partial charge is 0.494 e. The molecule has 22 heavy (non-hydrogen) atoms. The Bertz CT molecular complexity index is 700. The van der Waals surface area contributed by atoms with Crippen LogP contribution in [-0.4, -0.2) is 12.1 Å². The molecule has 0 aliphatic heterocycles. The molecule has 1 aliphatic carbocycles. The first-order valence-corrected chi connectivity index (χ1v) is 7.61. The Hall–Kier alpha value is -1.94. The van der Waals surface area contributed by atoms with Crippen molar-refractivity contribution in [3.63, 3.8) is 0 Å². The zero-order valence-electron chi connectivity index (χ0n) is 13.2. The van der Waals surface area contributed by atoms with E-state index in [9.17, 15) is 4.39 Å². The molecule has 116 valence electrons. The van der Waals surface area contributed by atoms with Crippen molar-refractivity contribution in [2.24, 2.45) is 0 Å². The quantitative estimate of drug-likeness (QED) is 0.936. The fraction of sp³-hybridized carbons (Fsp3) is 0.389. The van der Waals surface area contributed by atoms with Crippen LogP contribution in [0, 0.1) is 19.7 Å². The van der Waals surface area contributed by atoms with E-state index in [1.54, 1.807) is 6.07 Å². The number of hydrogen-bond donors (Lipinski definition) is 1. The molecular formula is C18H21FN2O. The zero-order valence-corrected chi connectivity index (χ0v) is 13.2. The van der Waals surface area contributed by atoms with Gasteiger partial charge in [-0.15, -0.1) is 0 Å². The third-order valence-electron chi connectivity index (χ3n) is 4.42. The molecule has 0 bridgehead atoms. The molecule has 1 aromatic heterocycles. The van der Waals surface area contributed by atoms with Gasteiger partial charge in [-0.1, -0.05) is 6.07 Å². The number of halogens is 1. The van der Waals surface area contributed by atoms with E-state index in [0.717, 1.165) is 36.2 Å². The standard InChI is InChI=1S/C18H21FN2O/c1-11-8-12(2)20-9-13(11)10-21-16-6-4-15-14(16)5-7-17(22-3)18(15)19/h5,7-9,16,21H,4,6,10H2,1-3H3. The van der Waals surface area contributed by atoms with Gasteiger partial charge in [-0.3, -0.25) is 4.98 Å². The van der Waals surface area contributed by atoms with Crippen LogP contribution in [0.4, 0.5) is 4.39 Å². The molecule has 0 saturated heterocycles. The van der Waals surface area contributed by atoms with E-state index < -0.39 is 0 Å². The highest BCUT2D eigenvalue weighted by molar-refractivity contribution is 5.42. The highest BCUT2D eigenvalue weighted by Crippen LogP contribution is 2.36. The van der Waals surface area contributed by atoms with Gasteiger partial charge in [0.25, 0.3) is 0 Å². The van der Waals surface area contributed by atoms with E-state index in [4.69, 9.17) is 4.74 Å². The fourth-order valence-corrected chi connectivity index (χ4v) is 3.15. The molecule has 0 saturated carbocycles. The van der Waals surface area contributed by atoms with Crippen LogP contribution in [-0.2, 0) is 13.0 Å². The van der Waals surface area contributed by atoms with Crippen molar-refractivity contribution in [1.82, 2.24) is 10.3 Å². The number of methoxy groups -OCH3 is 1. The Morgan fingerprint density at radius 3 is 2.91 bits per heavy atom. The molecule has 1 unspecified atom stereocenters. The summed E-state index contributed by atoms with van der Waals surface area (Å²) in [6.07, 6.45) is 3.58. The molecule has 2 aromatic rings. The minimum Gasteiger partial charge on any atom is -0.494 e. The van der Waals surface area contributed by atoms with Gasteiger partial charge in [0, 0.05) is 24.5 Å². The van der Waals surface area contributed by atoms with Crippen LogP contribution >= 0.6 is 0 Å². The monoisotopic (exact) mass is 300 g/mol. The number of fused-ring (bicyclic) bond motifs is 1. The molecule has 1 aliphatic rings. The van der Waals surface area contributed by atoms with Crippen molar-refractivity contribution in [1.29, 1.82) is 0 Å². The van der Waals surface area contributed by atoms with E-state index in [0.29, 0.717) is 5.75 Å². The van der Waals surface area contributed by atoms with Gasteiger partial charge in [0.2, 0.25) is 0 Å². The molecule has 0 fully saturated rings. The number of aromatic nitrogens is 1. The highest BCUT2D eigenvalue weighted by atomic mass is 19.1. The number of ether oxygens (including phenoxy) is 1. The van der Waals surface area contributed by atoms with E-state index >= 15 is 0 Å². The topological polar surface area (TPSA) is 34.1 Å². The summed E-state index contributed by atoms with van der Waals surface area (Å²) in [6, 6.07) is 5.97.